The second kappa shape index (κ2) is 7.32. The molecule has 0 aliphatic rings. The van der Waals surface area contributed by atoms with Gasteiger partial charge in [0.05, 0.1) is 29.4 Å². The lowest BCUT2D eigenvalue weighted by atomic mass is 10.1. The van der Waals surface area contributed by atoms with Gasteiger partial charge in [-0.1, -0.05) is 36.4 Å². The first kappa shape index (κ1) is 18.0. The van der Waals surface area contributed by atoms with Crippen LogP contribution in [0.5, 0.6) is 0 Å². The Morgan fingerprint density at radius 3 is 2.57 bits per heavy atom. The van der Waals surface area contributed by atoms with Gasteiger partial charge in [-0.3, -0.25) is 4.79 Å². The van der Waals surface area contributed by atoms with Crippen LogP contribution in [-0.2, 0) is 11.3 Å². The van der Waals surface area contributed by atoms with E-state index in [4.69, 9.17) is 9.15 Å². The Morgan fingerprint density at radius 2 is 1.82 bits per heavy atom. The van der Waals surface area contributed by atoms with Crippen molar-refractivity contribution in [3.63, 3.8) is 0 Å². The predicted molar refractivity (Wildman–Crippen MR) is 108 cm³/mol. The van der Waals surface area contributed by atoms with Crippen LogP contribution < -0.4 is 5.32 Å². The van der Waals surface area contributed by atoms with E-state index in [1.807, 2.05) is 73.1 Å². The fourth-order valence-corrected chi connectivity index (χ4v) is 3.38. The molecule has 0 spiro atoms. The summed E-state index contributed by atoms with van der Waals surface area (Å²) in [5, 5.41) is 8.43. The Hall–Kier alpha value is -3.38. The molecular weight excluding hydrogens is 354 g/mol. The topological polar surface area (TPSA) is 69.3 Å². The number of furan rings is 1. The van der Waals surface area contributed by atoms with Crippen molar-refractivity contribution in [3.05, 3.63) is 77.3 Å². The number of hydrogen-bond donors (Lipinski definition) is 1. The monoisotopic (exact) mass is 375 g/mol. The third-order valence-corrected chi connectivity index (χ3v) is 4.72. The minimum absolute atomic E-state index is 0.259. The molecule has 0 aliphatic carbocycles. The van der Waals surface area contributed by atoms with Gasteiger partial charge in [-0.05, 0) is 32.0 Å². The van der Waals surface area contributed by atoms with Crippen LogP contribution in [0.3, 0.4) is 0 Å². The lowest BCUT2D eigenvalue weighted by Gasteiger charge is -2.07. The summed E-state index contributed by atoms with van der Waals surface area (Å²) in [6, 6.07) is 17.4. The molecule has 4 aromatic rings. The highest BCUT2D eigenvalue weighted by Gasteiger charge is 2.23. The predicted octanol–water partition coefficient (Wildman–Crippen LogP) is 4.63. The van der Waals surface area contributed by atoms with E-state index in [9.17, 15) is 4.79 Å². The van der Waals surface area contributed by atoms with Gasteiger partial charge in [0.25, 0.3) is 5.91 Å². The van der Waals surface area contributed by atoms with Crippen molar-refractivity contribution < 1.29 is 13.9 Å². The summed E-state index contributed by atoms with van der Waals surface area (Å²) in [7, 11) is 1.60. The summed E-state index contributed by atoms with van der Waals surface area (Å²) in [5.41, 5.74) is 4.60. The van der Waals surface area contributed by atoms with Gasteiger partial charge in [-0.25, -0.2) is 4.68 Å². The van der Waals surface area contributed by atoms with Crippen molar-refractivity contribution in [2.75, 3.05) is 12.4 Å². The maximum atomic E-state index is 13.0. The third-order valence-electron chi connectivity index (χ3n) is 4.72. The first-order valence-electron chi connectivity index (χ1n) is 9.02. The molecule has 0 radical (unpaired) electrons. The van der Waals surface area contributed by atoms with E-state index in [2.05, 4.69) is 10.4 Å². The quantitative estimate of drug-likeness (QED) is 0.552. The van der Waals surface area contributed by atoms with Gasteiger partial charge in [0.15, 0.2) is 5.76 Å². The molecule has 0 aliphatic heterocycles. The summed E-state index contributed by atoms with van der Waals surface area (Å²) >= 11 is 0. The zero-order chi connectivity index (χ0) is 19.7. The number of anilines is 1. The molecule has 0 saturated heterocycles. The molecule has 6 heteroatoms. The highest BCUT2D eigenvalue weighted by molar-refractivity contribution is 6.07. The Morgan fingerprint density at radius 1 is 1.11 bits per heavy atom. The van der Waals surface area contributed by atoms with Crippen LogP contribution in [0, 0.1) is 13.8 Å². The van der Waals surface area contributed by atoms with Crippen LogP contribution in [0.25, 0.3) is 16.7 Å². The highest BCUT2D eigenvalue weighted by atomic mass is 16.5. The van der Waals surface area contributed by atoms with Gasteiger partial charge in [0, 0.05) is 18.1 Å². The number of fused-ring (bicyclic) bond motifs is 1. The maximum Gasteiger partial charge on any atom is 0.291 e. The van der Waals surface area contributed by atoms with E-state index in [1.165, 1.54) is 0 Å². The van der Waals surface area contributed by atoms with Crippen molar-refractivity contribution in [2.45, 2.75) is 20.5 Å². The minimum atomic E-state index is -0.318. The number of amides is 1. The van der Waals surface area contributed by atoms with Gasteiger partial charge in [0.2, 0.25) is 0 Å². The molecule has 1 N–H and O–H groups in total. The molecular formula is C22H21N3O3. The number of rotatable bonds is 5. The molecule has 28 heavy (non-hydrogen) atoms. The molecule has 2 aromatic carbocycles. The molecule has 0 saturated carbocycles. The van der Waals surface area contributed by atoms with Gasteiger partial charge in [-0.2, -0.15) is 5.10 Å². The molecule has 0 bridgehead atoms. The second-order valence-corrected chi connectivity index (χ2v) is 6.59. The number of aromatic nitrogens is 2. The Bertz CT molecular complexity index is 1140. The fraction of sp³-hybridized carbons (Fsp3) is 0.182. The van der Waals surface area contributed by atoms with Crippen LogP contribution in [-0.4, -0.2) is 22.8 Å². The van der Waals surface area contributed by atoms with Gasteiger partial charge >= 0.3 is 0 Å². The average Bonchev–Trinajstić information content (AvgIpc) is 3.22. The Labute approximate surface area is 162 Å². The fourth-order valence-electron chi connectivity index (χ4n) is 3.38. The van der Waals surface area contributed by atoms with E-state index in [0.717, 1.165) is 28.0 Å². The summed E-state index contributed by atoms with van der Waals surface area (Å²) in [6.45, 7) is 4.09. The van der Waals surface area contributed by atoms with E-state index < -0.39 is 0 Å². The lowest BCUT2D eigenvalue weighted by Crippen LogP contribution is -2.14. The molecule has 0 atom stereocenters. The van der Waals surface area contributed by atoms with Crippen molar-refractivity contribution in [1.29, 1.82) is 0 Å². The van der Waals surface area contributed by atoms with Crippen LogP contribution in [0.1, 0.15) is 27.5 Å². The molecule has 2 aromatic heterocycles. The normalized spacial score (nSPS) is 11.1. The van der Waals surface area contributed by atoms with Crippen molar-refractivity contribution in [2.24, 2.45) is 0 Å². The third kappa shape index (κ3) is 3.08. The number of carbonyl (C=O) groups is 1. The van der Waals surface area contributed by atoms with E-state index in [0.29, 0.717) is 17.9 Å². The standard InChI is InChI=1S/C22H21N3O3/c1-14-20(15(2)25(24-14)16-9-5-4-6-10-16)23-22(26)21-18(13-27-3)17-11-7-8-12-19(17)28-21/h4-12H,13H2,1-3H3,(H,23,26). The van der Waals surface area contributed by atoms with Crippen LogP contribution in [0.4, 0.5) is 5.69 Å². The van der Waals surface area contributed by atoms with Crippen molar-refractivity contribution in [1.82, 2.24) is 9.78 Å². The lowest BCUT2D eigenvalue weighted by molar-refractivity contribution is 0.0992. The first-order chi connectivity index (χ1) is 13.6. The maximum absolute atomic E-state index is 13.0. The number of methoxy groups -OCH3 is 1. The van der Waals surface area contributed by atoms with Gasteiger partial charge in [0.1, 0.15) is 5.58 Å². The zero-order valence-electron chi connectivity index (χ0n) is 16.0. The second-order valence-electron chi connectivity index (χ2n) is 6.59. The summed E-state index contributed by atoms with van der Waals surface area (Å²) in [5.74, 6) is -0.0589. The van der Waals surface area contributed by atoms with E-state index in [-0.39, 0.29) is 11.7 Å². The molecule has 142 valence electrons. The number of aryl methyl sites for hydroxylation is 1. The SMILES string of the molecule is COCc1c(C(=O)Nc2c(C)nn(-c3ccccc3)c2C)oc2ccccc12. The van der Waals surface area contributed by atoms with Gasteiger partial charge in [-0.15, -0.1) is 0 Å². The number of hydrogen-bond acceptors (Lipinski definition) is 4. The Kier molecular flexibility index (Phi) is 4.71. The number of carbonyl (C=O) groups excluding carboxylic acids is 1. The average molecular weight is 375 g/mol. The molecule has 0 unspecified atom stereocenters. The van der Waals surface area contributed by atoms with Crippen LogP contribution in [0.2, 0.25) is 0 Å². The molecule has 2 heterocycles. The molecule has 0 fully saturated rings. The summed E-state index contributed by atoms with van der Waals surface area (Å²) < 4.78 is 12.9. The largest absolute Gasteiger partial charge is 0.451 e. The molecule has 4 rings (SSSR count). The van der Waals surface area contributed by atoms with Gasteiger partial charge < -0.3 is 14.5 Å². The van der Waals surface area contributed by atoms with Crippen molar-refractivity contribution in [3.8, 4) is 5.69 Å². The summed E-state index contributed by atoms with van der Waals surface area (Å²) in [6.07, 6.45) is 0. The van der Waals surface area contributed by atoms with E-state index in [1.54, 1.807) is 7.11 Å². The number of nitrogens with zero attached hydrogens (tertiary/aromatic N) is 2. The number of benzene rings is 2. The van der Waals surface area contributed by atoms with E-state index >= 15 is 0 Å². The molecule has 6 nitrogen and oxygen atoms in total. The minimum Gasteiger partial charge on any atom is -0.451 e. The zero-order valence-corrected chi connectivity index (χ0v) is 16.0. The molecule has 1 amide bonds. The number of ether oxygens (including phenoxy) is 1. The van der Waals surface area contributed by atoms with Crippen LogP contribution in [0.15, 0.2) is 59.0 Å². The number of para-hydroxylation sites is 2. The highest BCUT2D eigenvalue weighted by Crippen LogP contribution is 2.29. The number of nitrogens with one attached hydrogen (secondary N) is 1. The first-order valence-corrected chi connectivity index (χ1v) is 9.02. The van der Waals surface area contributed by atoms with Crippen molar-refractivity contribution >= 4 is 22.6 Å². The Balaban J connectivity index is 1.71. The summed E-state index contributed by atoms with van der Waals surface area (Å²) in [4.78, 5) is 13.0. The van der Waals surface area contributed by atoms with Crippen LogP contribution >= 0.6 is 0 Å². The smallest absolute Gasteiger partial charge is 0.291 e.